The third kappa shape index (κ3) is 5.04. The lowest BCUT2D eigenvalue weighted by Gasteiger charge is -2.47. The van der Waals surface area contributed by atoms with Crippen molar-refractivity contribution in [3.05, 3.63) is 10.6 Å². The number of carboxylic acid groups (broad SMARTS) is 1. The molecule has 0 aliphatic carbocycles. The Balaban J connectivity index is 1.38. The number of hydrogen-bond donors (Lipinski definition) is 3. The van der Waals surface area contributed by atoms with Crippen LogP contribution in [0.2, 0.25) is 0 Å². The Hall–Kier alpha value is -2.40. The fraction of sp³-hybridized carbons (Fsp3) is 0.720. The van der Waals surface area contributed by atoms with Crippen molar-refractivity contribution in [3.63, 3.8) is 0 Å². The molecule has 0 saturated carbocycles. The molecular weight excluding hydrogens is 484 g/mol. The van der Waals surface area contributed by atoms with Gasteiger partial charge in [-0.3, -0.25) is 14.4 Å². The number of carbonyl (C=O) groups excluding carboxylic acids is 4. The number of ketones is 1. The molecule has 0 aromatic heterocycles. The second-order valence-corrected chi connectivity index (χ2v) is 12.1. The zero-order chi connectivity index (χ0) is 26.3. The Bertz CT molecular complexity index is 999. The van der Waals surface area contributed by atoms with Crippen LogP contribution in [0, 0.1) is 23.7 Å². The number of rotatable bonds is 10. The Labute approximate surface area is 215 Å². The van der Waals surface area contributed by atoms with Crippen molar-refractivity contribution < 1.29 is 29.1 Å². The number of carboxylic acids is 1. The van der Waals surface area contributed by atoms with E-state index in [0.717, 1.165) is 6.42 Å². The number of Topliss-reactive ketones (excluding diaryl/α,β-unsaturated/α-hetero) is 1. The van der Waals surface area contributed by atoms with E-state index in [1.807, 2.05) is 18.7 Å². The normalized spacial score (nSPS) is 32.5. The minimum Gasteiger partial charge on any atom is -0.477 e. The Morgan fingerprint density at radius 2 is 2.00 bits per heavy atom. The van der Waals surface area contributed by atoms with Gasteiger partial charge in [0.1, 0.15) is 11.5 Å². The molecule has 7 atom stereocenters. The summed E-state index contributed by atoms with van der Waals surface area (Å²) in [6, 6.07) is -0.570. The predicted molar refractivity (Wildman–Crippen MR) is 133 cm³/mol. The van der Waals surface area contributed by atoms with Crippen LogP contribution in [0.15, 0.2) is 10.6 Å². The van der Waals surface area contributed by atoms with E-state index in [9.17, 15) is 29.1 Å². The molecule has 3 fully saturated rings. The Morgan fingerprint density at radius 3 is 2.64 bits per heavy atom. The van der Waals surface area contributed by atoms with Gasteiger partial charge in [-0.05, 0) is 38.0 Å². The van der Waals surface area contributed by atoms with Crippen molar-refractivity contribution in [2.45, 2.75) is 70.2 Å². The highest BCUT2D eigenvalue weighted by Gasteiger charge is 2.60. The summed E-state index contributed by atoms with van der Waals surface area (Å²) in [5, 5.41) is 13.3. The number of carbonyl (C=O) groups is 5. The van der Waals surface area contributed by atoms with Crippen molar-refractivity contribution in [1.82, 2.24) is 15.1 Å². The Kier molecular flexibility index (Phi) is 7.80. The molecule has 4 heterocycles. The van der Waals surface area contributed by atoms with Crippen molar-refractivity contribution >= 4 is 41.2 Å². The van der Waals surface area contributed by atoms with Gasteiger partial charge in [0.05, 0.1) is 18.0 Å². The van der Waals surface area contributed by atoms with E-state index in [1.54, 1.807) is 0 Å². The average Bonchev–Trinajstić information content (AvgIpc) is 3.50. The minimum absolute atomic E-state index is 0.0147. The second kappa shape index (κ2) is 10.5. The van der Waals surface area contributed by atoms with Crippen LogP contribution in [-0.2, 0) is 24.0 Å². The molecule has 4 aliphatic heterocycles. The van der Waals surface area contributed by atoms with Crippen LogP contribution in [-0.4, -0.2) is 81.3 Å². The van der Waals surface area contributed by atoms with Gasteiger partial charge in [0.25, 0.3) is 0 Å². The first kappa shape index (κ1) is 26.7. The van der Waals surface area contributed by atoms with Crippen LogP contribution >= 0.6 is 11.8 Å². The largest absolute Gasteiger partial charge is 0.477 e. The number of nitrogens with one attached hydrogen (secondary N) is 1. The molecule has 0 spiro atoms. The molecule has 0 bridgehead atoms. The molecule has 0 aromatic rings. The third-order valence-corrected chi connectivity index (χ3v) is 9.60. The summed E-state index contributed by atoms with van der Waals surface area (Å²) < 4.78 is 0. The number of nitrogens with zero attached hydrogens (tertiary/aromatic N) is 2. The molecule has 198 valence electrons. The molecule has 4 rings (SSSR count). The van der Waals surface area contributed by atoms with E-state index >= 15 is 0 Å². The van der Waals surface area contributed by atoms with E-state index in [0.29, 0.717) is 50.2 Å². The lowest BCUT2D eigenvalue weighted by Crippen LogP contribution is -2.62. The standard InChI is InChI=1S/C25H36N4O6S/c1-12(8-13(2)30)19-20-14(3)22(21(25(34)35)29(20)24(19)33)36-16-9-17(27-10-16)23(32)28-7-6-15(11-28)4-5-18(26)31/h12,14-17,19-20,27H,4-11H2,1-3H3,(H2,26,31)(H,34,35)/t12-,14+,15-,16-,17-,19+,20+/m0/s1. The van der Waals surface area contributed by atoms with Gasteiger partial charge in [0.15, 0.2) is 0 Å². The lowest BCUT2D eigenvalue weighted by molar-refractivity contribution is -0.160. The fourth-order valence-corrected chi connectivity index (χ4v) is 7.82. The van der Waals surface area contributed by atoms with Gasteiger partial charge in [-0.25, -0.2) is 4.79 Å². The number of amides is 3. The average molecular weight is 521 g/mol. The second-order valence-electron chi connectivity index (χ2n) is 10.8. The molecule has 0 radical (unpaired) electrons. The lowest BCUT2D eigenvalue weighted by atomic mass is 9.73. The first-order valence-electron chi connectivity index (χ1n) is 12.8. The quantitative estimate of drug-likeness (QED) is 0.360. The Morgan fingerprint density at radius 1 is 1.28 bits per heavy atom. The predicted octanol–water partition coefficient (Wildman–Crippen LogP) is 0.952. The molecule has 36 heavy (non-hydrogen) atoms. The van der Waals surface area contributed by atoms with E-state index in [-0.39, 0.29) is 70.2 Å². The van der Waals surface area contributed by atoms with Crippen molar-refractivity contribution in [2.75, 3.05) is 19.6 Å². The zero-order valence-corrected chi connectivity index (χ0v) is 21.9. The van der Waals surface area contributed by atoms with Crippen molar-refractivity contribution in [1.29, 1.82) is 0 Å². The monoisotopic (exact) mass is 520 g/mol. The van der Waals surface area contributed by atoms with Gasteiger partial charge >= 0.3 is 5.97 Å². The minimum atomic E-state index is -1.12. The maximum absolute atomic E-state index is 13.1. The molecular formula is C25H36N4O6S. The molecule has 0 unspecified atom stereocenters. The highest BCUT2D eigenvalue weighted by Crippen LogP contribution is 2.53. The number of thioether (sulfide) groups is 1. The maximum atomic E-state index is 13.1. The van der Waals surface area contributed by atoms with Gasteiger partial charge in [-0.2, -0.15) is 0 Å². The van der Waals surface area contributed by atoms with Gasteiger partial charge in [0.2, 0.25) is 17.7 Å². The molecule has 10 nitrogen and oxygen atoms in total. The number of fused-ring (bicyclic) bond motifs is 1. The number of nitrogens with two attached hydrogens (primary N) is 1. The molecule has 11 heteroatoms. The van der Waals surface area contributed by atoms with Gasteiger partial charge in [-0.1, -0.05) is 13.8 Å². The molecule has 3 saturated heterocycles. The van der Waals surface area contributed by atoms with Crippen LogP contribution in [0.5, 0.6) is 0 Å². The SMILES string of the molecule is CC(=O)C[C@H](C)[C@H]1C(=O)N2C(C(=O)O)=C(S[C@@H]3CN[C@H](C(=O)N4CC[C@H](CCC(N)=O)C4)C3)[C@H](C)[C@H]12. The summed E-state index contributed by atoms with van der Waals surface area (Å²) >= 11 is 1.47. The molecule has 4 aliphatic rings. The number of β-lactam (4-membered cyclic amide) rings is 1. The first-order valence-corrected chi connectivity index (χ1v) is 13.6. The highest BCUT2D eigenvalue weighted by molar-refractivity contribution is 8.03. The number of primary amides is 1. The summed E-state index contributed by atoms with van der Waals surface area (Å²) in [6.07, 6.45) is 2.78. The summed E-state index contributed by atoms with van der Waals surface area (Å²) in [4.78, 5) is 64.8. The summed E-state index contributed by atoms with van der Waals surface area (Å²) in [7, 11) is 0. The van der Waals surface area contributed by atoms with Gasteiger partial charge < -0.3 is 30.8 Å². The highest BCUT2D eigenvalue weighted by atomic mass is 32.2. The topological polar surface area (TPSA) is 150 Å². The first-order chi connectivity index (χ1) is 17.0. The van der Waals surface area contributed by atoms with Gasteiger partial charge in [-0.15, -0.1) is 11.8 Å². The van der Waals surface area contributed by atoms with Crippen LogP contribution in [0.3, 0.4) is 0 Å². The summed E-state index contributed by atoms with van der Waals surface area (Å²) in [5.74, 6) is -1.94. The maximum Gasteiger partial charge on any atom is 0.353 e. The van der Waals surface area contributed by atoms with Crippen LogP contribution < -0.4 is 11.1 Å². The fourth-order valence-electron chi connectivity index (χ4n) is 6.34. The summed E-state index contributed by atoms with van der Waals surface area (Å²) in [6.45, 7) is 7.22. The number of aliphatic carboxylic acids is 1. The van der Waals surface area contributed by atoms with Crippen LogP contribution in [0.4, 0.5) is 0 Å². The smallest absolute Gasteiger partial charge is 0.353 e. The van der Waals surface area contributed by atoms with Crippen molar-refractivity contribution in [3.8, 4) is 0 Å². The van der Waals surface area contributed by atoms with E-state index in [2.05, 4.69) is 5.32 Å². The van der Waals surface area contributed by atoms with Crippen LogP contribution in [0.25, 0.3) is 0 Å². The molecule has 4 N–H and O–H groups in total. The van der Waals surface area contributed by atoms with E-state index in [4.69, 9.17) is 5.73 Å². The third-order valence-electron chi connectivity index (χ3n) is 8.09. The summed E-state index contributed by atoms with van der Waals surface area (Å²) in [5.41, 5.74) is 5.30. The zero-order valence-electron chi connectivity index (χ0n) is 21.1. The van der Waals surface area contributed by atoms with Gasteiger partial charge in [0, 0.05) is 48.5 Å². The molecule has 0 aromatic carbocycles. The number of likely N-dealkylation sites (tertiary alicyclic amines) is 1. The number of hydrogen-bond acceptors (Lipinski definition) is 7. The van der Waals surface area contributed by atoms with E-state index in [1.165, 1.54) is 23.6 Å². The molecule has 3 amide bonds. The van der Waals surface area contributed by atoms with Crippen LogP contribution in [0.1, 0.15) is 52.9 Å². The van der Waals surface area contributed by atoms with E-state index < -0.39 is 5.97 Å². The van der Waals surface area contributed by atoms with Crippen molar-refractivity contribution in [2.24, 2.45) is 29.4 Å².